The molecule has 4 nitrogen and oxygen atoms in total. The Morgan fingerprint density at radius 2 is 2.05 bits per heavy atom. The van der Waals surface area contributed by atoms with Crippen molar-refractivity contribution in [2.24, 2.45) is 0 Å². The summed E-state index contributed by atoms with van der Waals surface area (Å²) in [4.78, 5) is 4.69. The number of ether oxygens (including phenoxy) is 1. The summed E-state index contributed by atoms with van der Waals surface area (Å²) in [7, 11) is 0. The molecule has 20 heavy (non-hydrogen) atoms. The van der Waals surface area contributed by atoms with Gasteiger partial charge >= 0.3 is 0 Å². The Morgan fingerprint density at radius 3 is 2.75 bits per heavy atom. The number of aromatic nitrogens is 2. The van der Waals surface area contributed by atoms with E-state index in [9.17, 15) is 0 Å². The highest BCUT2D eigenvalue weighted by molar-refractivity contribution is 6.16. The highest BCUT2D eigenvalue weighted by Gasteiger charge is 2.19. The van der Waals surface area contributed by atoms with Crippen LogP contribution in [0.25, 0.3) is 11.0 Å². The zero-order chi connectivity index (χ0) is 13.9. The second-order valence-electron chi connectivity index (χ2n) is 5.04. The molecular weight excluding hydrogens is 274 g/mol. The Labute approximate surface area is 124 Å². The molecule has 0 amide bonds. The van der Waals surface area contributed by atoms with Crippen LogP contribution in [-0.4, -0.2) is 29.4 Å². The van der Waals surface area contributed by atoms with Crippen LogP contribution >= 0.6 is 11.6 Å². The summed E-state index contributed by atoms with van der Waals surface area (Å²) < 4.78 is 7.87. The topological polar surface area (TPSA) is 30.3 Å². The van der Waals surface area contributed by atoms with Gasteiger partial charge in [0.2, 0.25) is 0 Å². The summed E-state index contributed by atoms with van der Waals surface area (Å²) in [6.07, 6.45) is 3.77. The van der Waals surface area contributed by atoms with Crippen LogP contribution in [-0.2, 0) is 5.88 Å². The monoisotopic (exact) mass is 293 g/mol. The van der Waals surface area contributed by atoms with Gasteiger partial charge in [0.25, 0.3) is 0 Å². The molecule has 1 fully saturated rings. The lowest BCUT2D eigenvalue weighted by molar-refractivity contribution is 0.343. The normalized spacial score (nSPS) is 15.8. The largest absolute Gasteiger partial charge is 0.492 e. The van der Waals surface area contributed by atoms with E-state index in [4.69, 9.17) is 16.3 Å². The van der Waals surface area contributed by atoms with Gasteiger partial charge in [-0.25, -0.2) is 9.66 Å². The summed E-state index contributed by atoms with van der Waals surface area (Å²) in [6, 6.07) is 6.08. The first kappa shape index (κ1) is 13.6. The molecule has 1 aliphatic rings. The lowest BCUT2D eigenvalue weighted by Crippen LogP contribution is -2.39. The van der Waals surface area contributed by atoms with E-state index in [1.54, 1.807) is 0 Å². The SMILES string of the molecule is CCOc1cccc2c1nc(CCl)n2N1CCCCC1. The second kappa shape index (κ2) is 5.92. The Kier molecular flexibility index (Phi) is 4.01. The molecular formula is C15H20ClN3O. The first-order valence-electron chi connectivity index (χ1n) is 7.29. The summed E-state index contributed by atoms with van der Waals surface area (Å²) in [5, 5.41) is 2.35. The van der Waals surface area contributed by atoms with Crippen molar-refractivity contribution < 1.29 is 4.74 Å². The van der Waals surface area contributed by atoms with E-state index in [2.05, 4.69) is 20.7 Å². The number of halogens is 1. The van der Waals surface area contributed by atoms with Crippen LogP contribution in [0.2, 0.25) is 0 Å². The van der Waals surface area contributed by atoms with Gasteiger partial charge in [-0.05, 0) is 38.3 Å². The smallest absolute Gasteiger partial charge is 0.147 e. The van der Waals surface area contributed by atoms with Gasteiger partial charge in [-0.15, -0.1) is 11.6 Å². The van der Waals surface area contributed by atoms with Gasteiger partial charge in [0.15, 0.2) is 0 Å². The maximum atomic E-state index is 6.10. The van der Waals surface area contributed by atoms with Gasteiger partial charge in [0, 0.05) is 13.1 Å². The number of para-hydroxylation sites is 1. The predicted molar refractivity (Wildman–Crippen MR) is 82.3 cm³/mol. The average molecular weight is 294 g/mol. The fourth-order valence-corrected chi connectivity index (χ4v) is 3.03. The van der Waals surface area contributed by atoms with Crippen molar-refractivity contribution in [3.63, 3.8) is 0 Å². The van der Waals surface area contributed by atoms with Crippen LogP contribution in [0.4, 0.5) is 0 Å². The maximum Gasteiger partial charge on any atom is 0.147 e. The minimum absolute atomic E-state index is 0.413. The molecule has 2 heterocycles. The number of nitrogens with zero attached hydrogens (tertiary/aromatic N) is 3. The van der Waals surface area contributed by atoms with Crippen molar-refractivity contribution in [2.45, 2.75) is 32.1 Å². The van der Waals surface area contributed by atoms with Crippen LogP contribution in [0.15, 0.2) is 18.2 Å². The van der Waals surface area contributed by atoms with Crippen LogP contribution < -0.4 is 9.75 Å². The molecule has 0 bridgehead atoms. The van der Waals surface area contributed by atoms with E-state index in [-0.39, 0.29) is 0 Å². The molecule has 1 aliphatic heterocycles. The predicted octanol–water partition coefficient (Wildman–Crippen LogP) is 3.30. The van der Waals surface area contributed by atoms with Crippen molar-refractivity contribution in [1.29, 1.82) is 0 Å². The molecule has 0 atom stereocenters. The van der Waals surface area contributed by atoms with E-state index in [0.29, 0.717) is 12.5 Å². The van der Waals surface area contributed by atoms with Crippen molar-refractivity contribution >= 4 is 22.6 Å². The zero-order valence-corrected chi connectivity index (χ0v) is 12.6. The van der Waals surface area contributed by atoms with Gasteiger partial charge in [0.05, 0.1) is 18.0 Å². The number of piperidine rings is 1. The van der Waals surface area contributed by atoms with Crippen LogP contribution in [0.5, 0.6) is 5.75 Å². The minimum atomic E-state index is 0.413. The van der Waals surface area contributed by atoms with Gasteiger partial charge in [-0.2, -0.15) is 0 Å². The lowest BCUT2D eigenvalue weighted by atomic mass is 10.2. The maximum absolute atomic E-state index is 6.10. The average Bonchev–Trinajstić information content (AvgIpc) is 2.88. The number of alkyl halides is 1. The molecule has 1 aromatic heterocycles. The number of hydrogen-bond donors (Lipinski definition) is 0. The first-order valence-corrected chi connectivity index (χ1v) is 7.83. The molecule has 0 radical (unpaired) electrons. The molecule has 108 valence electrons. The van der Waals surface area contributed by atoms with E-state index in [1.807, 2.05) is 19.1 Å². The fraction of sp³-hybridized carbons (Fsp3) is 0.533. The number of hydrogen-bond acceptors (Lipinski definition) is 3. The summed E-state index contributed by atoms with van der Waals surface area (Å²) >= 11 is 6.10. The van der Waals surface area contributed by atoms with Crippen molar-refractivity contribution in [2.75, 3.05) is 24.7 Å². The van der Waals surface area contributed by atoms with Gasteiger partial charge in [-0.1, -0.05) is 6.07 Å². The van der Waals surface area contributed by atoms with E-state index < -0.39 is 0 Å². The van der Waals surface area contributed by atoms with E-state index >= 15 is 0 Å². The molecule has 3 rings (SSSR count). The Hall–Kier alpha value is -1.42. The Bertz CT molecular complexity index is 590. The highest BCUT2D eigenvalue weighted by atomic mass is 35.5. The quantitative estimate of drug-likeness (QED) is 0.810. The minimum Gasteiger partial charge on any atom is -0.492 e. The third-order valence-corrected chi connectivity index (χ3v) is 3.96. The molecule has 0 aliphatic carbocycles. The third kappa shape index (κ3) is 2.33. The van der Waals surface area contributed by atoms with Gasteiger partial charge < -0.3 is 9.75 Å². The van der Waals surface area contributed by atoms with Gasteiger partial charge in [0.1, 0.15) is 17.1 Å². The molecule has 0 unspecified atom stereocenters. The standard InChI is InChI=1S/C15H20ClN3O/c1-2-20-13-8-6-7-12-15(13)17-14(11-16)19(12)18-9-4-3-5-10-18/h6-8H,2-5,9-11H2,1H3. The lowest BCUT2D eigenvalue weighted by Gasteiger charge is -2.31. The molecule has 2 aromatic rings. The van der Waals surface area contributed by atoms with Crippen molar-refractivity contribution in [3.05, 3.63) is 24.0 Å². The summed E-state index contributed by atoms with van der Waals surface area (Å²) in [5.41, 5.74) is 2.00. The number of rotatable bonds is 4. The molecule has 1 saturated heterocycles. The van der Waals surface area contributed by atoms with Crippen LogP contribution in [0.1, 0.15) is 32.0 Å². The first-order chi connectivity index (χ1) is 9.85. The van der Waals surface area contributed by atoms with Crippen LogP contribution in [0.3, 0.4) is 0 Å². The van der Waals surface area contributed by atoms with E-state index in [0.717, 1.165) is 35.7 Å². The second-order valence-corrected chi connectivity index (χ2v) is 5.31. The molecule has 1 aromatic carbocycles. The van der Waals surface area contributed by atoms with Crippen molar-refractivity contribution in [3.8, 4) is 5.75 Å². The number of benzene rings is 1. The summed E-state index contributed by atoms with van der Waals surface area (Å²) in [6.45, 7) is 4.76. The van der Waals surface area contributed by atoms with Crippen LogP contribution in [0, 0.1) is 0 Å². The fourth-order valence-electron chi connectivity index (χ4n) is 2.86. The molecule has 0 spiro atoms. The molecule has 0 saturated carbocycles. The molecule has 0 N–H and O–H groups in total. The Morgan fingerprint density at radius 1 is 1.25 bits per heavy atom. The van der Waals surface area contributed by atoms with Gasteiger partial charge in [-0.3, -0.25) is 0 Å². The number of fused-ring (bicyclic) bond motifs is 1. The van der Waals surface area contributed by atoms with Crippen molar-refractivity contribution in [1.82, 2.24) is 9.66 Å². The summed E-state index contributed by atoms with van der Waals surface area (Å²) in [5.74, 6) is 2.15. The number of imidazole rings is 1. The third-order valence-electron chi connectivity index (χ3n) is 3.73. The molecule has 5 heteroatoms. The van der Waals surface area contributed by atoms with E-state index in [1.165, 1.54) is 19.3 Å². The Balaban J connectivity index is 2.11. The zero-order valence-electron chi connectivity index (χ0n) is 11.8. The highest BCUT2D eigenvalue weighted by Crippen LogP contribution is 2.27.